The van der Waals surface area contributed by atoms with Gasteiger partial charge in [0.2, 0.25) is 6.29 Å². The summed E-state index contributed by atoms with van der Waals surface area (Å²) in [5.74, 6) is -1.59. The number of cyclic esters (lactones) is 2. The summed E-state index contributed by atoms with van der Waals surface area (Å²) in [6.07, 6.45) is -0.572. The molecule has 0 aliphatic carbocycles. The molecule has 29 heavy (non-hydrogen) atoms. The van der Waals surface area contributed by atoms with Gasteiger partial charge < -0.3 is 14.2 Å². The van der Waals surface area contributed by atoms with Crippen molar-refractivity contribution in [1.29, 1.82) is 0 Å². The van der Waals surface area contributed by atoms with E-state index in [1.54, 1.807) is 18.2 Å². The van der Waals surface area contributed by atoms with E-state index in [4.69, 9.17) is 9.47 Å². The summed E-state index contributed by atoms with van der Waals surface area (Å²) in [7, 11) is 0. The molecule has 0 spiro atoms. The standard InChI is InChI=1S/C23H12O6/c24-20-16-8-6-14(10-18(16)21(25)28-20)12-3-1-11(2-4-12)13-5-7-15-17(9-13)22(26)29-23-19(15)27-23/h1-10,19,23H. The fourth-order valence-electron chi connectivity index (χ4n) is 3.86. The zero-order chi connectivity index (χ0) is 19.7. The van der Waals surface area contributed by atoms with Crippen molar-refractivity contribution in [2.24, 2.45) is 0 Å². The van der Waals surface area contributed by atoms with Gasteiger partial charge in [-0.25, -0.2) is 14.4 Å². The molecule has 1 saturated heterocycles. The summed E-state index contributed by atoms with van der Waals surface area (Å²) in [4.78, 5) is 35.5. The second-order valence-corrected chi connectivity index (χ2v) is 7.15. The van der Waals surface area contributed by atoms with E-state index in [-0.39, 0.29) is 23.2 Å². The van der Waals surface area contributed by atoms with E-state index in [0.717, 1.165) is 27.8 Å². The van der Waals surface area contributed by atoms with Gasteiger partial charge in [-0.2, -0.15) is 0 Å². The van der Waals surface area contributed by atoms with Crippen LogP contribution in [0.25, 0.3) is 22.3 Å². The van der Waals surface area contributed by atoms with E-state index in [9.17, 15) is 14.4 Å². The Bertz CT molecular complexity index is 1240. The molecule has 6 nitrogen and oxygen atoms in total. The largest absolute Gasteiger partial charge is 0.429 e. The lowest BCUT2D eigenvalue weighted by molar-refractivity contribution is 0.0290. The van der Waals surface area contributed by atoms with Crippen LogP contribution in [0.3, 0.4) is 0 Å². The van der Waals surface area contributed by atoms with Gasteiger partial charge in [0.05, 0.1) is 16.7 Å². The van der Waals surface area contributed by atoms with Gasteiger partial charge in [-0.05, 0) is 40.5 Å². The first-order valence-electron chi connectivity index (χ1n) is 9.10. The molecule has 3 aliphatic rings. The lowest BCUT2D eigenvalue weighted by Gasteiger charge is -2.13. The van der Waals surface area contributed by atoms with Crippen LogP contribution in [0.15, 0.2) is 60.7 Å². The summed E-state index contributed by atoms with van der Waals surface area (Å²) < 4.78 is 15.2. The molecule has 2 unspecified atom stereocenters. The maximum atomic E-state index is 12.1. The number of benzene rings is 3. The monoisotopic (exact) mass is 384 g/mol. The number of fused-ring (bicyclic) bond motifs is 4. The Balaban J connectivity index is 1.34. The summed E-state index contributed by atoms with van der Waals surface area (Å²) in [6.45, 7) is 0. The van der Waals surface area contributed by atoms with E-state index >= 15 is 0 Å². The van der Waals surface area contributed by atoms with Crippen molar-refractivity contribution >= 4 is 17.9 Å². The van der Waals surface area contributed by atoms with E-state index in [1.165, 1.54) is 0 Å². The second kappa shape index (κ2) is 5.62. The van der Waals surface area contributed by atoms with Gasteiger partial charge in [-0.15, -0.1) is 0 Å². The van der Waals surface area contributed by atoms with Crippen LogP contribution < -0.4 is 0 Å². The smallest absolute Gasteiger partial charge is 0.346 e. The molecule has 6 rings (SSSR count). The summed E-state index contributed by atoms with van der Waals surface area (Å²) in [6, 6.07) is 18.5. The fraction of sp³-hybridized carbons (Fsp3) is 0.0870. The quantitative estimate of drug-likeness (QED) is 0.379. The van der Waals surface area contributed by atoms with E-state index < -0.39 is 18.2 Å². The molecule has 140 valence electrons. The molecule has 0 saturated carbocycles. The molecule has 0 N–H and O–H groups in total. The van der Waals surface area contributed by atoms with Crippen molar-refractivity contribution in [2.75, 3.05) is 0 Å². The third-order valence-corrected chi connectivity index (χ3v) is 5.45. The number of ether oxygens (including phenoxy) is 3. The molecule has 0 bridgehead atoms. The molecular formula is C23H12O6. The molecule has 1 fully saturated rings. The van der Waals surface area contributed by atoms with Crippen molar-refractivity contribution in [2.45, 2.75) is 12.4 Å². The van der Waals surface area contributed by atoms with Crippen LogP contribution in [0.5, 0.6) is 0 Å². The van der Waals surface area contributed by atoms with Gasteiger partial charge >= 0.3 is 17.9 Å². The normalized spacial score (nSPS) is 21.0. The first-order chi connectivity index (χ1) is 14.1. The molecule has 3 heterocycles. The molecule has 0 radical (unpaired) electrons. The van der Waals surface area contributed by atoms with Gasteiger partial charge in [0, 0.05) is 5.56 Å². The highest BCUT2D eigenvalue weighted by atomic mass is 16.8. The molecule has 0 amide bonds. The Morgan fingerprint density at radius 3 is 1.90 bits per heavy atom. The number of rotatable bonds is 2. The molecule has 0 aromatic heterocycles. The van der Waals surface area contributed by atoms with Gasteiger partial charge in [-0.1, -0.05) is 42.5 Å². The van der Waals surface area contributed by atoms with Crippen molar-refractivity contribution < 1.29 is 28.6 Å². The highest BCUT2D eigenvalue weighted by Gasteiger charge is 2.49. The number of esters is 3. The molecule has 3 aromatic rings. The first-order valence-corrected chi connectivity index (χ1v) is 9.10. The van der Waals surface area contributed by atoms with Gasteiger partial charge in [0.25, 0.3) is 0 Å². The minimum Gasteiger partial charge on any atom is -0.429 e. The predicted octanol–water partition coefficient (Wildman–Crippen LogP) is 3.90. The number of hydrogen-bond acceptors (Lipinski definition) is 6. The Morgan fingerprint density at radius 1 is 0.586 bits per heavy atom. The third kappa shape index (κ3) is 2.43. The Labute approximate surface area is 164 Å². The average Bonchev–Trinajstić information content (AvgIpc) is 3.46. The third-order valence-electron chi connectivity index (χ3n) is 5.45. The Morgan fingerprint density at radius 2 is 1.17 bits per heavy atom. The van der Waals surface area contributed by atoms with E-state index in [1.807, 2.05) is 42.5 Å². The Hall–Kier alpha value is -3.77. The lowest BCUT2D eigenvalue weighted by Crippen LogP contribution is -2.15. The molecule has 3 aromatic carbocycles. The predicted molar refractivity (Wildman–Crippen MR) is 100 cm³/mol. The van der Waals surface area contributed by atoms with E-state index in [2.05, 4.69) is 4.74 Å². The highest BCUT2D eigenvalue weighted by Crippen LogP contribution is 2.46. The molecule has 3 aliphatic heterocycles. The number of hydrogen-bond donors (Lipinski definition) is 0. The molecule has 6 heteroatoms. The van der Waals surface area contributed by atoms with Gasteiger partial charge in [0.1, 0.15) is 0 Å². The van der Waals surface area contributed by atoms with Crippen LogP contribution in [0.4, 0.5) is 0 Å². The SMILES string of the molecule is O=C1OC(=O)c2cc(-c3ccc(-c4ccc5c(c4)C(=O)OC4OC54)cc3)ccc21. The minimum absolute atomic E-state index is 0.141. The highest BCUT2D eigenvalue weighted by molar-refractivity contribution is 6.15. The van der Waals surface area contributed by atoms with Gasteiger partial charge in [0.15, 0.2) is 6.10 Å². The number of carbonyl (C=O) groups is 3. The van der Waals surface area contributed by atoms with Crippen LogP contribution in [-0.4, -0.2) is 24.2 Å². The van der Waals surface area contributed by atoms with Crippen LogP contribution in [0.2, 0.25) is 0 Å². The van der Waals surface area contributed by atoms with Crippen LogP contribution >= 0.6 is 0 Å². The van der Waals surface area contributed by atoms with E-state index in [0.29, 0.717) is 5.56 Å². The minimum atomic E-state index is -0.619. The second-order valence-electron chi connectivity index (χ2n) is 7.15. The fourth-order valence-corrected chi connectivity index (χ4v) is 3.86. The topological polar surface area (TPSA) is 82.2 Å². The molecule has 2 atom stereocenters. The summed E-state index contributed by atoms with van der Waals surface area (Å²) >= 11 is 0. The van der Waals surface area contributed by atoms with Crippen LogP contribution in [0.1, 0.15) is 42.7 Å². The maximum Gasteiger partial charge on any atom is 0.346 e. The summed E-state index contributed by atoms with van der Waals surface area (Å²) in [5, 5.41) is 0. The zero-order valence-electron chi connectivity index (χ0n) is 14.9. The lowest BCUT2D eigenvalue weighted by atomic mass is 9.94. The van der Waals surface area contributed by atoms with Crippen molar-refractivity contribution in [3.63, 3.8) is 0 Å². The first kappa shape index (κ1) is 16.2. The number of carbonyl (C=O) groups excluding carboxylic acids is 3. The Kier molecular flexibility index (Phi) is 3.14. The van der Waals surface area contributed by atoms with Crippen molar-refractivity contribution in [1.82, 2.24) is 0 Å². The van der Waals surface area contributed by atoms with Crippen molar-refractivity contribution in [3.8, 4) is 22.3 Å². The summed E-state index contributed by atoms with van der Waals surface area (Å²) in [5.41, 5.74) is 5.53. The van der Waals surface area contributed by atoms with Crippen LogP contribution in [0, 0.1) is 0 Å². The average molecular weight is 384 g/mol. The number of epoxide rings is 1. The zero-order valence-corrected chi connectivity index (χ0v) is 14.9. The maximum absolute atomic E-state index is 12.1. The van der Waals surface area contributed by atoms with Crippen molar-refractivity contribution in [3.05, 3.63) is 82.9 Å². The van der Waals surface area contributed by atoms with Crippen LogP contribution in [-0.2, 0) is 14.2 Å². The molecular weight excluding hydrogens is 372 g/mol. The van der Waals surface area contributed by atoms with Gasteiger partial charge in [-0.3, -0.25) is 0 Å².